The number of benzene rings is 9. The van der Waals surface area contributed by atoms with E-state index in [9.17, 15) is 0 Å². The highest BCUT2D eigenvalue weighted by Gasteiger charge is 2.52. The molecule has 81 heavy (non-hydrogen) atoms. The normalized spacial score (nSPS) is 18.7. The van der Waals surface area contributed by atoms with Crippen molar-refractivity contribution in [3.8, 4) is 28.4 Å². The highest BCUT2D eigenvalue weighted by Crippen LogP contribution is 2.66. The summed E-state index contributed by atoms with van der Waals surface area (Å²) >= 11 is 0. The Morgan fingerprint density at radius 1 is 0.432 bits per heavy atom. The molecule has 0 saturated heterocycles. The summed E-state index contributed by atoms with van der Waals surface area (Å²) in [7, 11) is 0. The van der Waals surface area contributed by atoms with Crippen LogP contribution < -0.4 is 14.5 Å². The fourth-order valence-electron chi connectivity index (χ4n) is 14.1. The Kier molecular flexibility index (Phi) is 9.76. The zero-order valence-corrected chi connectivity index (χ0v) is 47.5. The van der Waals surface area contributed by atoms with Gasteiger partial charge in [-0.15, -0.1) is 0 Å². The Balaban J connectivity index is 0.852. The van der Waals surface area contributed by atoms with E-state index in [0.29, 0.717) is 23.7 Å². The molecule has 0 saturated carbocycles. The number of nitrogens with zero attached hydrogens (tertiary/aromatic N) is 4. The number of hydrogen-bond donors (Lipinski definition) is 0. The van der Waals surface area contributed by atoms with Crippen LogP contribution in [0.2, 0.25) is 0 Å². The van der Waals surface area contributed by atoms with Crippen LogP contribution in [0.5, 0.6) is 11.5 Å². The summed E-state index contributed by atoms with van der Waals surface area (Å²) in [6, 6.07) is 63.0. The van der Waals surface area contributed by atoms with Crippen molar-refractivity contribution in [2.45, 2.75) is 102 Å². The first kappa shape index (κ1) is 44.1. The lowest BCUT2D eigenvalue weighted by Crippen LogP contribution is -2.37. The van der Waals surface area contributed by atoms with E-state index < -0.39 is 6.04 Å². The molecule has 0 spiro atoms. The van der Waals surface area contributed by atoms with Gasteiger partial charge in [-0.1, -0.05) is 190 Å². The largest absolute Gasteiger partial charge is 0.457 e. The van der Waals surface area contributed by atoms with E-state index >= 15 is 0 Å². The molecule has 5 nitrogen and oxygen atoms in total. The molecule has 398 valence electrons. The van der Waals surface area contributed by atoms with Crippen LogP contribution in [0.3, 0.4) is 0 Å². The molecule has 7 aliphatic rings. The highest BCUT2D eigenvalue weighted by atomic mass is 16.5. The van der Waals surface area contributed by atoms with Gasteiger partial charge in [-0.05, 0) is 155 Å². The van der Waals surface area contributed by atoms with Gasteiger partial charge in [0, 0.05) is 64.1 Å². The fourth-order valence-corrected chi connectivity index (χ4v) is 14.1. The fraction of sp³-hybridized carbons (Fsp3) is 0.224. The molecular weight excluding hydrogens is 985 g/mol. The average molecular weight is 1060 g/mol. The first-order chi connectivity index (χ1) is 41.1. The SMILES string of the molecule is [2H]c1c([2H])c([2H])c(-c2ccc3c(c2)c2ccc(Oc4cccc(N5CN(c6cc(C(C)(C)C)cc7c6C6c8cc(C(C)(C)C)ccc8C7C7c8ccccc8C6c6ccccc67)c6ccccc65)c4)cc2n3-c2cc(C(C)(C)C)ccn2)c([2H])c1[2H]. The predicted octanol–water partition coefficient (Wildman–Crippen LogP) is 19.6. The molecule has 0 amide bonds. The smallest absolute Gasteiger partial charge is 0.137 e. The van der Waals surface area contributed by atoms with Crippen LogP contribution in [0.15, 0.2) is 212 Å². The Hall–Kier alpha value is -8.67. The molecule has 0 fully saturated rings. The zero-order chi connectivity index (χ0) is 59.6. The number of anilines is 4. The van der Waals surface area contributed by atoms with E-state index in [4.69, 9.17) is 16.6 Å². The van der Waals surface area contributed by atoms with Gasteiger partial charge in [-0.25, -0.2) is 4.98 Å². The lowest BCUT2D eigenvalue weighted by molar-refractivity contribution is 0.483. The van der Waals surface area contributed by atoms with Gasteiger partial charge in [0.15, 0.2) is 0 Å². The third-order valence-corrected chi connectivity index (χ3v) is 18.1. The Morgan fingerprint density at radius 2 is 1.04 bits per heavy atom. The van der Waals surface area contributed by atoms with Gasteiger partial charge < -0.3 is 14.5 Å². The van der Waals surface area contributed by atoms with E-state index in [0.717, 1.165) is 50.2 Å². The minimum Gasteiger partial charge on any atom is -0.457 e. The molecule has 9 aromatic carbocycles. The van der Waals surface area contributed by atoms with Gasteiger partial charge in [0.2, 0.25) is 0 Å². The van der Waals surface area contributed by atoms with Crippen LogP contribution >= 0.6 is 0 Å². The molecule has 6 aliphatic carbocycles. The monoisotopic (exact) mass is 1060 g/mol. The van der Waals surface area contributed by atoms with E-state index in [2.05, 4.69) is 222 Å². The number of aromatic nitrogens is 2. The standard InChI is InChI=1S/C76H68N4O/c1-74(2,3)48-31-33-59-61(39-48)73-70-57-26-15-13-24-55(57)69(56-25-14-16-27-58(56)70)71(59)62-40-50(76(7,8)9)41-67(72(62)73)79-45-78(64-28-17-18-29-65(64)79)51-22-19-23-52(43-51)81-53-32-34-54-60-38-47(46-20-11-10-12-21-46)30-35-63(60)80(66(54)44-53)68-42-49(36-37-77-68)75(4,5)6/h10-44,69-71,73H,45H2,1-9H3/i10D,11D,12D,20D,21D. The summed E-state index contributed by atoms with van der Waals surface area (Å²) in [6.07, 6.45) is 1.85. The summed E-state index contributed by atoms with van der Waals surface area (Å²) in [5, 5.41) is 1.76. The van der Waals surface area contributed by atoms with E-state index in [1.807, 2.05) is 36.5 Å². The van der Waals surface area contributed by atoms with Crippen molar-refractivity contribution in [2.24, 2.45) is 0 Å². The van der Waals surface area contributed by atoms with E-state index in [1.165, 1.54) is 61.3 Å². The van der Waals surface area contributed by atoms with Gasteiger partial charge >= 0.3 is 0 Å². The zero-order valence-electron chi connectivity index (χ0n) is 52.5. The minimum absolute atomic E-state index is 0.0317. The third-order valence-electron chi connectivity index (χ3n) is 18.1. The second kappa shape index (κ2) is 17.9. The molecule has 11 aromatic rings. The molecule has 4 bridgehead atoms. The summed E-state index contributed by atoms with van der Waals surface area (Å²) < 4.78 is 51.9. The molecule has 1 aliphatic heterocycles. The highest BCUT2D eigenvalue weighted by molar-refractivity contribution is 6.10. The summed E-state index contributed by atoms with van der Waals surface area (Å²) in [5.41, 5.74) is 22.1. The summed E-state index contributed by atoms with van der Waals surface area (Å²) in [6.45, 7) is 21.3. The van der Waals surface area contributed by atoms with Crippen LogP contribution in [0.1, 0.15) is 154 Å². The molecule has 0 N–H and O–H groups in total. The van der Waals surface area contributed by atoms with Crippen LogP contribution in [0, 0.1) is 0 Å². The molecule has 0 radical (unpaired) electrons. The second-order valence-electron chi connectivity index (χ2n) is 26.0. The number of para-hydroxylation sites is 2. The first-order valence-electron chi connectivity index (χ1n) is 31.2. The van der Waals surface area contributed by atoms with Crippen LogP contribution in [0.4, 0.5) is 22.7 Å². The van der Waals surface area contributed by atoms with Crippen molar-refractivity contribution < 1.29 is 11.6 Å². The second-order valence-corrected chi connectivity index (χ2v) is 26.0. The van der Waals surface area contributed by atoms with Gasteiger partial charge in [0.25, 0.3) is 0 Å². The Bertz CT molecular complexity index is 4600. The molecule has 3 heterocycles. The quantitative estimate of drug-likeness (QED) is 0.166. The van der Waals surface area contributed by atoms with Gasteiger partial charge in [-0.2, -0.15) is 0 Å². The number of hydrogen-bond acceptors (Lipinski definition) is 4. The number of ether oxygens (including phenoxy) is 1. The van der Waals surface area contributed by atoms with E-state index in [1.54, 1.807) is 0 Å². The topological polar surface area (TPSA) is 33.5 Å². The van der Waals surface area contributed by atoms with Crippen molar-refractivity contribution in [3.05, 3.63) is 274 Å². The lowest BCUT2D eigenvalue weighted by Gasteiger charge is -2.51. The number of rotatable bonds is 6. The lowest BCUT2D eigenvalue weighted by atomic mass is 9.52. The Morgan fingerprint density at radius 3 is 1.73 bits per heavy atom. The van der Waals surface area contributed by atoms with Gasteiger partial charge in [-0.3, -0.25) is 4.57 Å². The van der Waals surface area contributed by atoms with Gasteiger partial charge in [0.05, 0.1) is 29.3 Å². The third kappa shape index (κ3) is 7.82. The molecule has 2 unspecified atom stereocenters. The first-order valence-corrected chi connectivity index (χ1v) is 28.7. The van der Waals surface area contributed by atoms with Gasteiger partial charge in [0.1, 0.15) is 24.0 Å². The maximum absolute atomic E-state index is 8.84. The average Bonchev–Trinajstić information content (AvgIpc) is 0.764. The van der Waals surface area contributed by atoms with Crippen molar-refractivity contribution >= 4 is 44.6 Å². The molecule has 5 heteroatoms. The molecule has 18 rings (SSSR count). The van der Waals surface area contributed by atoms with Crippen LogP contribution in [-0.4, -0.2) is 16.2 Å². The minimum atomic E-state index is -0.416. The van der Waals surface area contributed by atoms with Crippen molar-refractivity contribution in [3.63, 3.8) is 0 Å². The van der Waals surface area contributed by atoms with Crippen LogP contribution in [-0.2, 0) is 16.2 Å². The van der Waals surface area contributed by atoms with Crippen molar-refractivity contribution in [1.82, 2.24) is 9.55 Å². The number of fused-ring (bicyclic) bond motifs is 4. The maximum Gasteiger partial charge on any atom is 0.137 e. The molecule has 2 atom stereocenters. The van der Waals surface area contributed by atoms with E-state index in [-0.39, 0.29) is 69.6 Å². The predicted molar refractivity (Wildman–Crippen MR) is 335 cm³/mol. The Labute approximate surface area is 484 Å². The number of pyridine rings is 1. The van der Waals surface area contributed by atoms with Crippen molar-refractivity contribution in [2.75, 3.05) is 16.5 Å². The molecule has 2 aromatic heterocycles. The maximum atomic E-state index is 8.84. The summed E-state index contributed by atoms with van der Waals surface area (Å²) in [5.74, 6) is 2.45. The molecular formula is C76H68N4O. The summed E-state index contributed by atoms with van der Waals surface area (Å²) in [4.78, 5) is 9.98. The van der Waals surface area contributed by atoms with Crippen LogP contribution in [0.25, 0.3) is 38.8 Å². The van der Waals surface area contributed by atoms with Crippen molar-refractivity contribution in [1.29, 1.82) is 0 Å².